The van der Waals surface area contributed by atoms with Crippen LogP contribution in [0.1, 0.15) is 19.3 Å². The Morgan fingerprint density at radius 2 is 1.88 bits per heavy atom. The van der Waals surface area contributed by atoms with Gasteiger partial charge in [0.2, 0.25) is 6.79 Å². The van der Waals surface area contributed by atoms with Crippen molar-refractivity contribution in [1.29, 1.82) is 0 Å². The number of fused-ring (bicyclic) bond motifs is 2. The maximum atomic E-state index is 5.94. The van der Waals surface area contributed by atoms with E-state index in [1.807, 2.05) is 6.07 Å². The van der Waals surface area contributed by atoms with Gasteiger partial charge in [-0.1, -0.05) is 0 Å². The fourth-order valence-corrected chi connectivity index (χ4v) is 5.17. The van der Waals surface area contributed by atoms with Gasteiger partial charge in [-0.15, -0.1) is 0 Å². The van der Waals surface area contributed by atoms with Crippen LogP contribution < -0.4 is 19.7 Å². The number of likely N-dealkylation sites (N-methyl/N-ethyl adjacent to an activating group) is 1. The van der Waals surface area contributed by atoms with Gasteiger partial charge in [0, 0.05) is 49.5 Å². The van der Waals surface area contributed by atoms with Crippen LogP contribution in [-0.2, 0) is 4.74 Å². The van der Waals surface area contributed by atoms with E-state index in [0.717, 1.165) is 31.2 Å². The Bertz CT molecular complexity index is 660. The molecule has 6 heteroatoms. The van der Waals surface area contributed by atoms with E-state index < -0.39 is 0 Å². The highest BCUT2D eigenvalue weighted by Crippen LogP contribution is 2.42. The summed E-state index contributed by atoms with van der Waals surface area (Å²) in [6, 6.07) is 8.00. The van der Waals surface area contributed by atoms with Crippen molar-refractivity contribution in [3.05, 3.63) is 18.2 Å². The van der Waals surface area contributed by atoms with Crippen LogP contribution in [0.4, 0.5) is 5.69 Å². The zero-order chi connectivity index (χ0) is 17.7. The van der Waals surface area contributed by atoms with Crippen LogP contribution in [0, 0.1) is 5.92 Å². The summed E-state index contributed by atoms with van der Waals surface area (Å²) in [5.41, 5.74) is 1.24. The minimum absolute atomic E-state index is 0.338. The monoisotopic (exact) mass is 359 g/mol. The van der Waals surface area contributed by atoms with Crippen molar-refractivity contribution in [3.8, 4) is 11.5 Å². The summed E-state index contributed by atoms with van der Waals surface area (Å²) >= 11 is 0. The molecule has 1 N–H and O–H groups in total. The van der Waals surface area contributed by atoms with E-state index in [9.17, 15) is 0 Å². The molecule has 3 heterocycles. The molecule has 3 fully saturated rings. The van der Waals surface area contributed by atoms with Gasteiger partial charge in [0.15, 0.2) is 11.5 Å². The van der Waals surface area contributed by atoms with Crippen LogP contribution in [0.25, 0.3) is 0 Å². The second kappa shape index (κ2) is 6.59. The Morgan fingerprint density at radius 3 is 2.69 bits per heavy atom. The first-order chi connectivity index (χ1) is 12.7. The summed E-state index contributed by atoms with van der Waals surface area (Å²) < 4.78 is 16.9. The number of ether oxygens (including phenoxy) is 3. The Balaban J connectivity index is 1.18. The van der Waals surface area contributed by atoms with Crippen LogP contribution in [0.5, 0.6) is 11.5 Å². The second-order valence-electron chi connectivity index (χ2n) is 8.23. The van der Waals surface area contributed by atoms with Crippen molar-refractivity contribution in [2.45, 2.75) is 43.5 Å². The lowest BCUT2D eigenvalue weighted by atomic mass is 9.70. The first-order valence-corrected chi connectivity index (χ1v) is 9.89. The third kappa shape index (κ3) is 2.75. The minimum Gasteiger partial charge on any atom is -0.454 e. The van der Waals surface area contributed by atoms with Crippen LogP contribution in [0.2, 0.25) is 0 Å². The summed E-state index contributed by atoms with van der Waals surface area (Å²) in [5.74, 6) is 2.44. The van der Waals surface area contributed by atoms with Crippen molar-refractivity contribution in [3.63, 3.8) is 0 Å². The van der Waals surface area contributed by atoms with Gasteiger partial charge in [-0.25, -0.2) is 0 Å². The van der Waals surface area contributed by atoms with Gasteiger partial charge in [-0.3, -0.25) is 0 Å². The van der Waals surface area contributed by atoms with Gasteiger partial charge in [-0.2, -0.15) is 0 Å². The van der Waals surface area contributed by atoms with Crippen LogP contribution in [-0.4, -0.2) is 69.7 Å². The Morgan fingerprint density at radius 1 is 1.08 bits per heavy atom. The van der Waals surface area contributed by atoms with Gasteiger partial charge in [-0.05, 0) is 45.5 Å². The molecule has 2 saturated heterocycles. The van der Waals surface area contributed by atoms with Crippen LogP contribution in [0.3, 0.4) is 0 Å². The lowest BCUT2D eigenvalue weighted by molar-refractivity contribution is -0.0728. The first kappa shape index (κ1) is 16.7. The number of rotatable bonds is 4. The van der Waals surface area contributed by atoms with Gasteiger partial charge < -0.3 is 29.3 Å². The normalized spacial score (nSPS) is 33.4. The third-order valence-corrected chi connectivity index (χ3v) is 6.59. The smallest absolute Gasteiger partial charge is 0.231 e. The molecule has 4 aliphatic rings. The highest BCUT2D eigenvalue weighted by atomic mass is 16.7. The number of benzene rings is 1. The van der Waals surface area contributed by atoms with E-state index in [1.54, 1.807) is 0 Å². The van der Waals surface area contributed by atoms with E-state index in [4.69, 9.17) is 14.2 Å². The van der Waals surface area contributed by atoms with Gasteiger partial charge in [0.25, 0.3) is 0 Å². The van der Waals surface area contributed by atoms with Crippen molar-refractivity contribution in [2.75, 3.05) is 45.5 Å². The number of anilines is 1. The molecular formula is C20H29N3O3. The predicted molar refractivity (Wildman–Crippen MR) is 100 cm³/mol. The number of nitrogens with zero attached hydrogens (tertiary/aromatic N) is 2. The SMILES string of the molecule is CN(C)[C@@H]1[C@@H](NC2CCN(c3ccc4c(c3)OCO4)CC2)[C@H]2CCO[C@H]21. The molecule has 1 aromatic carbocycles. The number of piperidine rings is 1. The Labute approximate surface area is 155 Å². The highest BCUT2D eigenvalue weighted by molar-refractivity contribution is 5.57. The number of nitrogens with one attached hydrogen (secondary N) is 1. The quantitative estimate of drug-likeness (QED) is 0.883. The van der Waals surface area contributed by atoms with Crippen LogP contribution in [0.15, 0.2) is 18.2 Å². The molecule has 0 bridgehead atoms. The zero-order valence-electron chi connectivity index (χ0n) is 15.7. The van der Waals surface area contributed by atoms with Crippen LogP contribution >= 0.6 is 0 Å². The molecule has 0 amide bonds. The Hall–Kier alpha value is -1.50. The predicted octanol–water partition coefficient (Wildman–Crippen LogP) is 1.69. The van der Waals surface area contributed by atoms with E-state index in [1.165, 1.54) is 24.9 Å². The van der Waals surface area contributed by atoms with Crippen molar-refractivity contribution in [2.24, 2.45) is 5.92 Å². The van der Waals surface area contributed by atoms with E-state index in [2.05, 4.69) is 41.3 Å². The summed E-state index contributed by atoms with van der Waals surface area (Å²) in [7, 11) is 4.36. The fourth-order valence-electron chi connectivity index (χ4n) is 5.17. The maximum absolute atomic E-state index is 5.94. The molecule has 4 atom stereocenters. The molecule has 1 aliphatic carbocycles. The first-order valence-electron chi connectivity index (χ1n) is 9.89. The number of hydrogen-bond donors (Lipinski definition) is 1. The molecule has 5 rings (SSSR count). The van der Waals surface area contributed by atoms with Gasteiger partial charge in [0.1, 0.15) is 0 Å². The number of hydrogen-bond acceptors (Lipinski definition) is 6. The maximum Gasteiger partial charge on any atom is 0.231 e. The minimum atomic E-state index is 0.338. The molecule has 0 aromatic heterocycles. The third-order valence-electron chi connectivity index (χ3n) is 6.59. The van der Waals surface area contributed by atoms with E-state index in [0.29, 0.717) is 36.9 Å². The standard InChI is InChI=1S/C20H29N3O3/c1-22(2)19-18(15-7-10-24-20(15)19)21-13-5-8-23(9-6-13)14-3-4-16-17(11-14)26-12-25-16/h3-4,11,13,15,18-21H,5-10,12H2,1-2H3/t15-,18+,19-,20-/m1/s1. The molecule has 1 aromatic rings. The lowest BCUT2D eigenvalue weighted by Crippen LogP contribution is -2.70. The molecule has 0 radical (unpaired) electrons. The van der Waals surface area contributed by atoms with E-state index >= 15 is 0 Å². The molecular weight excluding hydrogens is 330 g/mol. The zero-order valence-corrected chi connectivity index (χ0v) is 15.7. The summed E-state index contributed by atoms with van der Waals surface area (Å²) in [6.07, 6.45) is 4.02. The van der Waals surface area contributed by atoms with Crippen molar-refractivity contribution >= 4 is 5.69 Å². The van der Waals surface area contributed by atoms with Gasteiger partial charge in [0.05, 0.1) is 12.1 Å². The largest absolute Gasteiger partial charge is 0.454 e. The average molecular weight is 359 g/mol. The molecule has 3 aliphatic heterocycles. The highest BCUT2D eigenvalue weighted by Gasteiger charge is 2.55. The second-order valence-corrected chi connectivity index (χ2v) is 8.23. The summed E-state index contributed by atoms with van der Waals surface area (Å²) in [6.45, 7) is 3.44. The molecule has 0 unspecified atom stereocenters. The topological polar surface area (TPSA) is 46.2 Å². The molecule has 1 saturated carbocycles. The summed E-state index contributed by atoms with van der Waals surface area (Å²) in [4.78, 5) is 4.80. The Kier molecular flexibility index (Phi) is 4.22. The molecule has 142 valence electrons. The van der Waals surface area contributed by atoms with Crippen molar-refractivity contribution < 1.29 is 14.2 Å². The summed E-state index contributed by atoms with van der Waals surface area (Å²) in [5, 5.41) is 3.98. The van der Waals surface area contributed by atoms with Gasteiger partial charge >= 0.3 is 0 Å². The van der Waals surface area contributed by atoms with Crippen molar-refractivity contribution in [1.82, 2.24) is 10.2 Å². The van der Waals surface area contributed by atoms with E-state index in [-0.39, 0.29) is 0 Å². The fraction of sp³-hybridized carbons (Fsp3) is 0.700. The molecule has 0 spiro atoms. The lowest BCUT2D eigenvalue weighted by Gasteiger charge is -2.52. The average Bonchev–Trinajstić information content (AvgIpc) is 3.26. The molecule has 26 heavy (non-hydrogen) atoms. The molecule has 6 nitrogen and oxygen atoms in total.